The molecule has 28 heavy (non-hydrogen) atoms. The number of hydrogen-bond acceptors (Lipinski definition) is 6. The van der Waals surface area contributed by atoms with Crippen LogP contribution in [0.2, 0.25) is 0 Å². The van der Waals surface area contributed by atoms with E-state index in [-0.39, 0.29) is 5.91 Å². The van der Waals surface area contributed by atoms with E-state index in [1.807, 2.05) is 41.9 Å². The first-order valence-electron chi connectivity index (χ1n) is 8.90. The second-order valence-electron chi connectivity index (χ2n) is 6.18. The van der Waals surface area contributed by atoms with E-state index in [4.69, 9.17) is 9.15 Å². The van der Waals surface area contributed by atoms with E-state index in [0.29, 0.717) is 48.4 Å². The number of nitrogens with one attached hydrogen (secondary N) is 2. The Kier molecular flexibility index (Phi) is 4.94. The van der Waals surface area contributed by atoms with Crippen LogP contribution in [0.4, 0.5) is 12.0 Å². The molecular weight excluding hydrogens is 358 g/mol. The van der Waals surface area contributed by atoms with Crippen molar-refractivity contribution in [3.8, 4) is 0 Å². The number of para-hydroxylation sites is 2. The van der Waals surface area contributed by atoms with Gasteiger partial charge in [-0.2, -0.15) is 4.98 Å². The molecule has 2 heterocycles. The Balaban J connectivity index is 1.55. The number of aryl methyl sites for hydroxylation is 1. The van der Waals surface area contributed by atoms with Crippen LogP contribution in [-0.2, 0) is 11.8 Å². The van der Waals surface area contributed by atoms with Crippen molar-refractivity contribution < 1.29 is 13.9 Å². The fourth-order valence-corrected chi connectivity index (χ4v) is 2.92. The summed E-state index contributed by atoms with van der Waals surface area (Å²) in [5, 5.41) is 5.91. The van der Waals surface area contributed by atoms with Gasteiger partial charge in [-0.05, 0) is 37.3 Å². The third-order valence-electron chi connectivity index (χ3n) is 4.33. The van der Waals surface area contributed by atoms with E-state index in [1.54, 1.807) is 12.1 Å². The quantitative estimate of drug-likeness (QED) is 0.480. The van der Waals surface area contributed by atoms with Crippen molar-refractivity contribution in [1.29, 1.82) is 0 Å². The standard InChI is InChI=1S/C20H20N5O3/c1-3-27-11-10-21-18(26)13-8-9-16-15(12-13)22-19(25(16)2)24-20-23-14-6-4-5-7-17(14)28-20/h4-9,12H,1,3,10-11H2,2H3,(H,21,26)(H,22,23,24). The largest absolute Gasteiger partial charge is 0.423 e. The molecule has 0 saturated carbocycles. The van der Waals surface area contributed by atoms with Gasteiger partial charge in [0.15, 0.2) is 5.58 Å². The highest BCUT2D eigenvalue weighted by atomic mass is 16.5. The van der Waals surface area contributed by atoms with E-state index < -0.39 is 0 Å². The smallest absolute Gasteiger partial charge is 0.302 e. The summed E-state index contributed by atoms with van der Waals surface area (Å²) in [6.45, 7) is 4.83. The average molecular weight is 378 g/mol. The normalized spacial score (nSPS) is 11.2. The zero-order valence-corrected chi connectivity index (χ0v) is 15.4. The first-order chi connectivity index (χ1) is 13.7. The lowest BCUT2D eigenvalue weighted by molar-refractivity contribution is 0.0928. The Labute approximate surface area is 161 Å². The number of benzene rings is 2. The number of rotatable bonds is 7. The molecule has 143 valence electrons. The van der Waals surface area contributed by atoms with E-state index in [1.165, 1.54) is 0 Å². The second-order valence-corrected chi connectivity index (χ2v) is 6.18. The number of imidazole rings is 1. The number of carbonyl (C=O) groups is 1. The third kappa shape index (κ3) is 3.54. The van der Waals surface area contributed by atoms with Crippen LogP contribution in [0.5, 0.6) is 0 Å². The zero-order chi connectivity index (χ0) is 19.5. The Morgan fingerprint density at radius 1 is 1.21 bits per heavy atom. The molecule has 4 rings (SSSR count). The van der Waals surface area contributed by atoms with Crippen LogP contribution in [0, 0.1) is 6.92 Å². The number of hydrogen-bond donors (Lipinski definition) is 2. The molecule has 4 aromatic rings. The first-order valence-corrected chi connectivity index (χ1v) is 8.90. The number of carbonyl (C=O) groups excluding carboxylic acids is 1. The van der Waals surface area contributed by atoms with Gasteiger partial charge >= 0.3 is 6.01 Å². The van der Waals surface area contributed by atoms with Crippen molar-refractivity contribution in [3.63, 3.8) is 0 Å². The highest BCUT2D eigenvalue weighted by Crippen LogP contribution is 2.24. The summed E-state index contributed by atoms with van der Waals surface area (Å²) in [6, 6.07) is 13.3. The Hall–Kier alpha value is -3.39. The molecule has 8 heteroatoms. The molecule has 2 aromatic carbocycles. The molecule has 0 aliphatic carbocycles. The summed E-state index contributed by atoms with van der Waals surface area (Å²) in [6.07, 6.45) is 0. The van der Waals surface area contributed by atoms with Crippen LogP contribution in [0.15, 0.2) is 46.9 Å². The lowest BCUT2D eigenvalue weighted by atomic mass is 10.2. The van der Waals surface area contributed by atoms with Crippen LogP contribution >= 0.6 is 0 Å². The highest BCUT2D eigenvalue weighted by molar-refractivity contribution is 5.97. The Morgan fingerprint density at radius 2 is 2.07 bits per heavy atom. The fourth-order valence-electron chi connectivity index (χ4n) is 2.92. The van der Waals surface area contributed by atoms with Gasteiger partial charge in [-0.3, -0.25) is 10.1 Å². The van der Waals surface area contributed by atoms with Gasteiger partial charge in [-0.15, -0.1) is 0 Å². The summed E-state index contributed by atoms with van der Waals surface area (Å²) >= 11 is 0. The molecule has 2 N–H and O–H groups in total. The maximum absolute atomic E-state index is 12.3. The molecule has 2 aromatic heterocycles. The SMILES string of the molecule is [CH2]COCCNC(=O)c1ccc2c(c1)nc(Nc1nc3ccccc3o1)n2C. The Bertz CT molecular complexity index is 1100. The molecule has 0 spiro atoms. The van der Waals surface area contributed by atoms with Crippen molar-refractivity contribution in [2.24, 2.45) is 7.05 Å². The van der Waals surface area contributed by atoms with Crippen LogP contribution in [0.3, 0.4) is 0 Å². The molecule has 1 amide bonds. The lowest BCUT2D eigenvalue weighted by Crippen LogP contribution is -2.27. The number of amides is 1. The molecule has 0 fully saturated rings. The maximum atomic E-state index is 12.3. The van der Waals surface area contributed by atoms with Gasteiger partial charge in [0.05, 0.1) is 17.6 Å². The van der Waals surface area contributed by atoms with Crippen molar-refractivity contribution in [3.05, 3.63) is 55.0 Å². The summed E-state index contributed by atoms with van der Waals surface area (Å²) in [4.78, 5) is 21.2. The van der Waals surface area contributed by atoms with Crippen molar-refractivity contribution in [2.75, 3.05) is 25.1 Å². The molecule has 1 radical (unpaired) electrons. The van der Waals surface area contributed by atoms with Crippen LogP contribution in [0.1, 0.15) is 10.4 Å². The molecule has 8 nitrogen and oxygen atoms in total. The maximum Gasteiger partial charge on any atom is 0.302 e. The van der Waals surface area contributed by atoms with E-state index in [2.05, 4.69) is 27.5 Å². The van der Waals surface area contributed by atoms with Gasteiger partial charge in [0, 0.05) is 25.8 Å². The molecule has 0 aliphatic rings. The van der Waals surface area contributed by atoms with E-state index in [9.17, 15) is 4.79 Å². The Morgan fingerprint density at radius 3 is 2.89 bits per heavy atom. The molecule has 0 unspecified atom stereocenters. The molecule has 0 bridgehead atoms. The summed E-state index contributed by atoms with van der Waals surface area (Å²) in [5.41, 5.74) is 3.59. The van der Waals surface area contributed by atoms with Gasteiger partial charge in [0.1, 0.15) is 5.52 Å². The fraction of sp³-hybridized carbons (Fsp3) is 0.200. The molecule has 0 saturated heterocycles. The van der Waals surface area contributed by atoms with Crippen LogP contribution in [-0.4, -0.2) is 40.2 Å². The van der Waals surface area contributed by atoms with Gasteiger partial charge < -0.3 is 19.0 Å². The van der Waals surface area contributed by atoms with Crippen molar-refractivity contribution in [1.82, 2.24) is 19.9 Å². The summed E-state index contributed by atoms with van der Waals surface area (Å²) in [5.74, 6) is 0.400. The second kappa shape index (κ2) is 7.69. The van der Waals surface area contributed by atoms with E-state index >= 15 is 0 Å². The number of nitrogens with zero attached hydrogens (tertiary/aromatic N) is 3. The summed E-state index contributed by atoms with van der Waals surface area (Å²) in [7, 11) is 1.89. The van der Waals surface area contributed by atoms with Gasteiger partial charge in [0.25, 0.3) is 5.91 Å². The molecular formula is C20H20N5O3. The van der Waals surface area contributed by atoms with Crippen LogP contribution in [0.25, 0.3) is 22.1 Å². The third-order valence-corrected chi connectivity index (χ3v) is 4.33. The van der Waals surface area contributed by atoms with Crippen LogP contribution < -0.4 is 10.6 Å². The minimum Gasteiger partial charge on any atom is -0.423 e. The van der Waals surface area contributed by atoms with E-state index in [0.717, 1.165) is 11.0 Å². The van der Waals surface area contributed by atoms with Gasteiger partial charge in [0.2, 0.25) is 5.95 Å². The minimum absolute atomic E-state index is 0.173. The van der Waals surface area contributed by atoms with Crippen molar-refractivity contribution in [2.45, 2.75) is 0 Å². The number of ether oxygens (including phenoxy) is 1. The summed E-state index contributed by atoms with van der Waals surface area (Å²) < 4.78 is 12.7. The lowest BCUT2D eigenvalue weighted by Gasteiger charge is -2.05. The number of fused-ring (bicyclic) bond motifs is 2. The van der Waals surface area contributed by atoms with Gasteiger partial charge in [-0.25, -0.2) is 4.98 Å². The predicted molar refractivity (Wildman–Crippen MR) is 107 cm³/mol. The minimum atomic E-state index is -0.173. The van der Waals surface area contributed by atoms with Gasteiger partial charge in [-0.1, -0.05) is 12.1 Å². The number of oxazole rings is 1. The average Bonchev–Trinajstić information content (AvgIpc) is 3.25. The molecule has 0 atom stereocenters. The number of aromatic nitrogens is 3. The highest BCUT2D eigenvalue weighted by Gasteiger charge is 2.14. The predicted octanol–water partition coefficient (Wildman–Crippen LogP) is 3.04. The monoisotopic (exact) mass is 378 g/mol. The molecule has 0 aliphatic heterocycles. The van der Waals surface area contributed by atoms with Crippen molar-refractivity contribution >= 4 is 40.0 Å². The number of anilines is 2. The topological polar surface area (TPSA) is 94.2 Å². The first kappa shape index (κ1) is 18.0. The zero-order valence-electron chi connectivity index (χ0n) is 15.4.